The van der Waals surface area contributed by atoms with E-state index in [9.17, 15) is 5.26 Å². The van der Waals surface area contributed by atoms with Crippen LogP contribution in [0.25, 0.3) is 0 Å². The molecule has 24 heavy (non-hydrogen) atoms. The van der Waals surface area contributed by atoms with Gasteiger partial charge in [-0.2, -0.15) is 5.26 Å². The molecule has 3 N–H and O–H groups in total. The molecule has 0 saturated carbocycles. The fourth-order valence-corrected chi connectivity index (χ4v) is 3.49. The molecule has 1 aliphatic rings. The number of nitriles is 1. The van der Waals surface area contributed by atoms with Crippen LogP contribution in [-0.2, 0) is 6.42 Å². The van der Waals surface area contributed by atoms with Crippen LogP contribution in [0.2, 0.25) is 10.0 Å². The number of fused-ring (bicyclic) bond motifs is 1. The molecule has 2 aromatic rings. The number of nitrogens with one attached hydrogen (secondary N) is 1. The van der Waals surface area contributed by atoms with Crippen molar-refractivity contribution >= 4 is 23.2 Å². The predicted molar refractivity (Wildman–Crippen MR) is 90.3 cm³/mol. The fraction of sp³-hybridized carbons (Fsp3) is 0.250. The van der Waals surface area contributed by atoms with Crippen LogP contribution in [0.4, 0.5) is 0 Å². The van der Waals surface area contributed by atoms with Gasteiger partial charge in [-0.25, -0.2) is 0 Å². The van der Waals surface area contributed by atoms with Crippen LogP contribution >= 0.6 is 23.2 Å². The second-order valence-corrected chi connectivity index (χ2v) is 6.05. The molecule has 124 valence electrons. The molecular weight excluding hydrogens is 351 g/mol. The first kappa shape index (κ1) is 16.5. The first-order chi connectivity index (χ1) is 11.5. The maximum absolute atomic E-state index is 9.62. The van der Waals surface area contributed by atoms with Crippen LogP contribution < -0.4 is 15.2 Å². The van der Waals surface area contributed by atoms with Crippen molar-refractivity contribution in [1.29, 1.82) is 5.26 Å². The molecule has 1 aliphatic heterocycles. The van der Waals surface area contributed by atoms with Gasteiger partial charge in [-0.3, -0.25) is 5.10 Å². The minimum Gasteiger partial charge on any atom is -0.495 e. The Bertz CT molecular complexity index is 883. The Morgan fingerprint density at radius 2 is 2.21 bits per heavy atom. The zero-order valence-corrected chi connectivity index (χ0v) is 14.5. The third-order valence-corrected chi connectivity index (χ3v) is 4.42. The van der Waals surface area contributed by atoms with Gasteiger partial charge < -0.3 is 15.2 Å². The molecule has 0 amide bonds. The molecule has 0 saturated heterocycles. The zero-order chi connectivity index (χ0) is 17.4. The Kier molecular flexibility index (Phi) is 4.31. The summed E-state index contributed by atoms with van der Waals surface area (Å²) in [6.07, 6.45) is 0.678. The van der Waals surface area contributed by atoms with Gasteiger partial charge in [0.2, 0.25) is 11.8 Å². The number of methoxy groups -OCH3 is 1. The molecule has 0 aliphatic carbocycles. The topological polar surface area (TPSA) is 97.0 Å². The van der Waals surface area contributed by atoms with E-state index in [4.69, 9.17) is 38.4 Å². The highest BCUT2D eigenvalue weighted by Crippen LogP contribution is 2.48. The second-order valence-electron chi connectivity index (χ2n) is 5.21. The molecule has 0 radical (unpaired) electrons. The minimum absolute atomic E-state index is 0.00213. The van der Waals surface area contributed by atoms with Crippen molar-refractivity contribution in [1.82, 2.24) is 10.2 Å². The maximum atomic E-state index is 9.62. The lowest BCUT2D eigenvalue weighted by Crippen LogP contribution is -2.21. The summed E-state index contributed by atoms with van der Waals surface area (Å²) in [6.45, 7) is 1.97. The molecule has 2 heterocycles. The molecule has 8 heteroatoms. The van der Waals surface area contributed by atoms with Crippen molar-refractivity contribution in [3.05, 3.63) is 50.5 Å². The van der Waals surface area contributed by atoms with E-state index in [-0.39, 0.29) is 11.5 Å². The van der Waals surface area contributed by atoms with Gasteiger partial charge in [0.05, 0.1) is 23.6 Å². The van der Waals surface area contributed by atoms with Crippen LogP contribution in [0.15, 0.2) is 23.6 Å². The molecule has 0 fully saturated rings. The van der Waals surface area contributed by atoms with E-state index in [1.165, 1.54) is 7.11 Å². The molecule has 1 aromatic heterocycles. The lowest BCUT2D eigenvalue weighted by atomic mass is 9.83. The minimum atomic E-state index is -0.529. The summed E-state index contributed by atoms with van der Waals surface area (Å²) in [6, 6.07) is 5.42. The number of allylic oxidation sites excluding steroid dienone is 1. The van der Waals surface area contributed by atoms with Crippen molar-refractivity contribution in [2.75, 3.05) is 7.11 Å². The van der Waals surface area contributed by atoms with E-state index < -0.39 is 5.92 Å². The lowest BCUT2D eigenvalue weighted by Gasteiger charge is -2.25. The molecule has 3 rings (SSSR count). The average molecular weight is 365 g/mol. The summed E-state index contributed by atoms with van der Waals surface area (Å²) >= 11 is 12.4. The highest BCUT2D eigenvalue weighted by atomic mass is 35.5. The van der Waals surface area contributed by atoms with Crippen LogP contribution in [0, 0.1) is 11.3 Å². The quantitative estimate of drug-likeness (QED) is 0.868. The highest BCUT2D eigenvalue weighted by molar-refractivity contribution is 6.35. The SMILES string of the molecule is CCc1[nH]nc2c1C(c1cc(Cl)cc(Cl)c1OC)C(C#N)=C(N)O2. The number of ether oxygens (including phenoxy) is 2. The summed E-state index contributed by atoms with van der Waals surface area (Å²) in [5.74, 6) is 0.245. The van der Waals surface area contributed by atoms with Crippen molar-refractivity contribution in [3.63, 3.8) is 0 Å². The van der Waals surface area contributed by atoms with E-state index >= 15 is 0 Å². The van der Waals surface area contributed by atoms with Crippen molar-refractivity contribution < 1.29 is 9.47 Å². The normalized spacial score (nSPS) is 16.4. The van der Waals surface area contributed by atoms with E-state index in [1.54, 1.807) is 12.1 Å². The summed E-state index contributed by atoms with van der Waals surface area (Å²) < 4.78 is 10.9. The van der Waals surface area contributed by atoms with Crippen LogP contribution in [0.5, 0.6) is 11.6 Å². The van der Waals surface area contributed by atoms with Crippen LogP contribution in [-0.4, -0.2) is 17.3 Å². The Balaban J connectivity index is 2.34. The highest BCUT2D eigenvalue weighted by Gasteiger charge is 2.37. The summed E-state index contributed by atoms with van der Waals surface area (Å²) in [5.41, 5.74) is 8.40. The first-order valence-electron chi connectivity index (χ1n) is 7.19. The van der Waals surface area contributed by atoms with E-state index in [2.05, 4.69) is 16.3 Å². The lowest BCUT2D eigenvalue weighted by molar-refractivity contribution is 0.375. The van der Waals surface area contributed by atoms with Crippen LogP contribution in [0.3, 0.4) is 0 Å². The molecule has 1 unspecified atom stereocenters. The third-order valence-electron chi connectivity index (χ3n) is 3.92. The van der Waals surface area contributed by atoms with E-state index in [0.717, 1.165) is 11.3 Å². The van der Waals surface area contributed by atoms with E-state index in [1.807, 2.05) is 6.92 Å². The molecule has 1 aromatic carbocycles. The number of halogens is 2. The molecule has 0 bridgehead atoms. The van der Waals surface area contributed by atoms with E-state index in [0.29, 0.717) is 33.7 Å². The third kappa shape index (κ3) is 2.46. The fourth-order valence-electron chi connectivity index (χ4n) is 2.90. The zero-order valence-electron chi connectivity index (χ0n) is 13.0. The molecule has 1 atom stereocenters. The first-order valence-corrected chi connectivity index (χ1v) is 7.95. The Hall–Kier alpha value is -2.36. The Labute approximate surface area is 148 Å². The summed E-state index contributed by atoms with van der Waals surface area (Å²) in [7, 11) is 1.51. The van der Waals surface area contributed by atoms with Crippen LogP contribution in [0.1, 0.15) is 29.7 Å². The number of benzene rings is 1. The number of hydrogen-bond donors (Lipinski definition) is 2. The van der Waals surface area contributed by atoms with Gasteiger partial charge in [0.25, 0.3) is 0 Å². The molecular formula is C16H14Cl2N4O2. The van der Waals surface area contributed by atoms with Gasteiger partial charge in [0, 0.05) is 16.3 Å². The standard InChI is InChI=1S/C16H14Cl2N4O2/c1-3-11-13-12(8-4-7(17)5-10(18)14(8)23-2)9(6-19)15(20)24-16(13)22-21-11/h4-5,12H,3,20H2,1-2H3,(H,21,22). The number of aromatic amines is 1. The number of nitrogens with zero attached hydrogens (tertiary/aromatic N) is 2. The smallest absolute Gasteiger partial charge is 0.244 e. The maximum Gasteiger partial charge on any atom is 0.244 e. The number of H-pyrrole nitrogens is 1. The number of nitrogens with two attached hydrogens (primary N) is 1. The molecule has 6 nitrogen and oxygen atoms in total. The van der Waals surface area contributed by atoms with Crippen molar-refractivity contribution in [3.8, 4) is 17.7 Å². The predicted octanol–water partition coefficient (Wildman–Crippen LogP) is 3.51. The van der Waals surface area contributed by atoms with Crippen molar-refractivity contribution in [2.45, 2.75) is 19.3 Å². The number of aromatic nitrogens is 2. The van der Waals surface area contributed by atoms with Crippen molar-refractivity contribution in [2.24, 2.45) is 5.73 Å². The van der Waals surface area contributed by atoms with Gasteiger partial charge >= 0.3 is 0 Å². The van der Waals surface area contributed by atoms with Gasteiger partial charge in [0.1, 0.15) is 17.4 Å². The summed E-state index contributed by atoms with van der Waals surface area (Å²) in [4.78, 5) is 0. The van der Waals surface area contributed by atoms with Gasteiger partial charge in [-0.15, -0.1) is 5.10 Å². The van der Waals surface area contributed by atoms with Gasteiger partial charge in [0.15, 0.2) is 0 Å². The van der Waals surface area contributed by atoms with Gasteiger partial charge in [-0.05, 0) is 18.6 Å². The summed E-state index contributed by atoms with van der Waals surface area (Å²) in [5, 5.41) is 17.5. The number of hydrogen-bond acceptors (Lipinski definition) is 5. The Morgan fingerprint density at radius 3 is 2.83 bits per heavy atom. The number of rotatable bonds is 3. The average Bonchev–Trinajstić information content (AvgIpc) is 2.95. The monoisotopic (exact) mass is 364 g/mol. The number of aryl methyl sites for hydroxylation is 1. The largest absolute Gasteiger partial charge is 0.495 e. The Morgan fingerprint density at radius 1 is 1.46 bits per heavy atom. The van der Waals surface area contributed by atoms with Gasteiger partial charge in [-0.1, -0.05) is 30.1 Å². The second kappa shape index (κ2) is 6.27. The molecule has 0 spiro atoms.